The van der Waals surface area contributed by atoms with Crippen molar-refractivity contribution < 1.29 is 0 Å². The molecule has 0 aliphatic heterocycles. The van der Waals surface area contributed by atoms with Crippen LogP contribution in [0.3, 0.4) is 0 Å². The summed E-state index contributed by atoms with van der Waals surface area (Å²) in [6.45, 7) is 10.4. The minimum absolute atomic E-state index is 0.786. The van der Waals surface area contributed by atoms with E-state index in [2.05, 4.69) is 51.7 Å². The molecule has 0 aromatic rings. The van der Waals surface area contributed by atoms with E-state index in [0.717, 1.165) is 12.3 Å². The predicted molar refractivity (Wildman–Crippen MR) is 66.4 cm³/mol. The van der Waals surface area contributed by atoms with Crippen molar-refractivity contribution in [2.24, 2.45) is 5.92 Å². The first-order valence-electron chi connectivity index (χ1n) is 5.57. The molecule has 0 amide bonds. The van der Waals surface area contributed by atoms with E-state index in [-0.39, 0.29) is 0 Å². The summed E-state index contributed by atoms with van der Waals surface area (Å²) in [6.07, 6.45) is 13.5. The first-order valence-corrected chi connectivity index (χ1v) is 5.57. The lowest BCUT2D eigenvalue weighted by atomic mass is 9.99. The van der Waals surface area contributed by atoms with Crippen LogP contribution >= 0.6 is 0 Å². The summed E-state index contributed by atoms with van der Waals surface area (Å²) in [5.74, 6) is 0.786. The Balaban J connectivity index is 3.47. The molecule has 80 valence electrons. The molecule has 0 bridgehead atoms. The zero-order valence-electron chi connectivity index (χ0n) is 9.92. The van der Waals surface area contributed by atoms with E-state index in [1.807, 2.05) is 0 Å². The summed E-state index contributed by atoms with van der Waals surface area (Å²) in [4.78, 5) is 0. The van der Waals surface area contributed by atoms with Gasteiger partial charge in [0.1, 0.15) is 0 Å². The first kappa shape index (κ1) is 13.2. The minimum atomic E-state index is 0.786. The Morgan fingerprint density at radius 1 is 1.29 bits per heavy atom. The van der Waals surface area contributed by atoms with Gasteiger partial charge in [-0.2, -0.15) is 0 Å². The highest BCUT2D eigenvalue weighted by molar-refractivity contribution is 4.93. The lowest BCUT2D eigenvalue weighted by Crippen LogP contribution is -1.92. The van der Waals surface area contributed by atoms with Crippen LogP contribution in [-0.4, -0.2) is 0 Å². The standard InChI is InChI=1S/C14H24/c1-5-6-7-8-9-10-14(4)12-11-13(2)3/h5-6,8-9,14H,2,7,10-12H2,1,3-4H3/b6-5+,9-8-. The SMILES string of the molecule is C=C(C)CCC(C)C/C=C\C/C=C/C. The predicted octanol–water partition coefficient (Wildman–Crippen LogP) is 4.89. The Bertz CT molecular complexity index is 196. The molecule has 0 nitrogen and oxygen atoms in total. The van der Waals surface area contributed by atoms with E-state index in [1.165, 1.54) is 24.8 Å². The van der Waals surface area contributed by atoms with E-state index in [0.29, 0.717) is 0 Å². The van der Waals surface area contributed by atoms with Gasteiger partial charge in [0.25, 0.3) is 0 Å². The molecule has 0 spiro atoms. The Labute approximate surface area is 89.4 Å². The van der Waals surface area contributed by atoms with E-state index in [9.17, 15) is 0 Å². The molecule has 14 heavy (non-hydrogen) atoms. The second-order valence-electron chi connectivity index (χ2n) is 4.11. The summed E-state index contributed by atoms with van der Waals surface area (Å²) < 4.78 is 0. The maximum atomic E-state index is 3.92. The topological polar surface area (TPSA) is 0 Å². The largest absolute Gasteiger partial charge is 0.100 e. The number of allylic oxidation sites excluding steroid dienone is 5. The second-order valence-corrected chi connectivity index (χ2v) is 4.11. The highest BCUT2D eigenvalue weighted by Gasteiger charge is 1.98. The molecule has 0 radical (unpaired) electrons. The summed E-state index contributed by atoms with van der Waals surface area (Å²) in [6, 6.07) is 0. The molecule has 0 heterocycles. The monoisotopic (exact) mass is 192 g/mol. The molecule has 0 aliphatic rings. The van der Waals surface area contributed by atoms with Gasteiger partial charge in [-0.1, -0.05) is 36.8 Å². The Hall–Kier alpha value is -0.780. The van der Waals surface area contributed by atoms with Crippen LogP contribution in [0.4, 0.5) is 0 Å². The Morgan fingerprint density at radius 2 is 2.00 bits per heavy atom. The van der Waals surface area contributed by atoms with Gasteiger partial charge in [-0.3, -0.25) is 0 Å². The maximum absolute atomic E-state index is 3.92. The lowest BCUT2D eigenvalue weighted by Gasteiger charge is -2.07. The molecule has 0 aromatic carbocycles. The summed E-state index contributed by atoms with van der Waals surface area (Å²) in [7, 11) is 0. The first-order chi connectivity index (χ1) is 6.66. The molecule has 0 saturated carbocycles. The third-order valence-corrected chi connectivity index (χ3v) is 2.28. The van der Waals surface area contributed by atoms with Crippen molar-refractivity contribution in [2.75, 3.05) is 0 Å². The van der Waals surface area contributed by atoms with E-state index in [4.69, 9.17) is 0 Å². The van der Waals surface area contributed by atoms with Gasteiger partial charge in [-0.15, -0.1) is 6.58 Å². The van der Waals surface area contributed by atoms with Gasteiger partial charge in [0.05, 0.1) is 0 Å². The normalized spacial score (nSPS) is 13.9. The van der Waals surface area contributed by atoms with Gasteiger partial charge >= 0.3 is 0 Å². The number of hydrogen-bond donors (Lipinski definition) is 0. The van der Waals surface area contributed by atoms with Crippen LogP contribution in [0.1, 0.15) is 46.5 Å². The van der Waals surface area contributed by atoms with Crippen LogP contribution < -0.4 is 0 Å². The van der Waals surface area contributed by atoms with E-state index in [1.54, 1.807) is 0 Å². The fourth-order valence-corrected chi connectivity index (χ4v) is 1.25. The van der Waals surface area contributed by atoms with Crippen molar-refractivity contribution >= 4 is 0 Å². The fourth-order valence-electron chi connectivity index (χ4n) is 1.25. The van der Waals surface area contributed by atoms with Gasteiger partial charge in [0, 0.05) is 0 Å². The minimum Gasteiger partial charge on any atom is -0.100 e. The summed E-state index contributed by atoms with van der Waals surface area (Å²) >= 11 is 0. The average Bonchev–Trinajstić information content (AvgIpc) is 2.14. The molecule has 0 aliphatic carbocycles. The smallest absolute Gasteiger partial charge is 0.0169 e. The molecule has 0 saturated heterocycles. The highest BCUT2D eigenvalue weighted by Crippen LogP contribution is 2.14. The molecule has 0 rings (SSSR count). The van der Waals surface area contributed by atoms with Crippen LogP contribution in [0.15, 0.2) is 36.5 Å². The quantitative estimate of drug-likeness (QED) is 0.504. The van der Waals surface area contributed by atoms with Crippen LogP contribution in [0, 0.1) is 5.92 Å². The third kappa shape index (κ3) is 9.31. The lowest BCUT2D eigenvalue weighted by molar-refractivity contribution is 0.539. The van der Waals surface area contributed by atoms with Crippen molar-refractivity contribution in [2.45, 2.75) is 46.5 Å². The molecule has 0 N–H and O–H groups in total. The van der Waals surface area contributed by atoms with Gasteiger partial charge in [0.15, 0.2) is 0 Å². The number of hydrogen-bond acceptors (Lipinski definition) is 0. The van der Waals surface area contributed by atoms with Crippen molar-refractivity contribution in [3.8, 4) is 0 Å². The summed E-state index contributed by atoms with van der Waals surface area (Å²) in [5.41, 5.74) is 1.30. The zero-order chi connectivity index (χ0) is 10.8. The van der Waals surface area contributed by atoms with Gasteiger partial charge in [-0.05, 0) is 45.4 Å². The molecule has 0 fully saturated rings. The van der Waals surface area contributed by atoms with Crippen molar-refractivity contribution in [1.82, 2.24) is 0 Å². The Morgan fingerprint density at radius 3 is 2.57 bits per heavy atom. The molecule has 0 aromatic heterocycles. The van der Waals surface area contributed by atoms with Crippen LogP contribution in [-0.2, 0) is 0 Å². The van der Waals surface area contributed by atoms with E-state index < -0.39 is 0 Å². The zero-order valence-corrected chi connectivity index (χ0v) is 9.92. The molecule has 0 heteroatoms. The molecule has 1 unspecified atom stereocenters. The van der Waals surface area contributed by atoms with Gasteiger partial charge < -0.3 is 0 Å². The van der Waals surface area contributed by atoms with Crippen molar-refractivity contribution in [1.29, 1.82) is 0 Å². The van der Waals surface area contributed by atoms with Crippen molar-refractivity contribution in [3.63, 3.8) is 0 Å². The third-order valence-electron chi connectivity index (χ3n) is 2.28. The van der Waals surface area contributed by atoms with Crippen LogP contribution in [0.25, 0.3) is 0 Å². The van der Waals surface area contributed by atoms with Crippen molar-refractivity contribution in [3.05, 3.63) is 36.5 Å². The Kier molecular flexibility index (Phi) is 8.31. The molecular formula is C14H24. The van der Waals surface area contributed by atoms with Gasteiger partial charge in [-0.25, -0.2) is 0 Å². The molecule has 1 atom stereocenters. The second kappa shape index (κ2) is 8.80. The maximum Gasteiger partial charge on any atom is -0.0169 e. The van der Waals surface area contributed by atoms with Gasteiger partial charge in [0.2, 0.25) is 0 Å². The van der Waals surface area contributed by atoms with Crippen LogP contribution in [0.2, 0.25) is 0 Å². The van der Waals surface area contributed by atoms with E-state index >= 15 is 0 Å². The average molecular weight is 192 g/mol. The highest BCUT2D eigenvalue weighted by atomic mass is 14.0. The fraction of sp³-hybridized carbons (Fsp3) is 0.571. The number of rotatable bonds is 7. The summed E-state index contributed by atoms with van der Waals surface area (Å²) in [5, 5.41) is 0. The van der Waals surface area contributed by atoms with Crippen LogP contribution in [0.5, 0.6) is 0 Å². The molecular weight excluding hydrogens is 168 g/mol.